The van der Waals surface area contributed by atoms with E-state index in [1.165, 1.54) is 31.4 Å². The van der Waals surface area contributed by atoms with Crippen molar-refractivity contribution in [2.45, 2.75) is 0 Å². The van der Waals surface area contributed by atoms with E-state index in [1.807, 2.05) is 0 Å². The van der Waals surface area contributed by atoms with Crippen LogP contribution in [0, 0.1) is 11.6 Å². The molecule has 0 heterocycles. The van der Waals surface area contributed by atoms with Gasteiger partial charge in [0, 0.05) is 5.57 Å². The molecule has 0 aliphatic carbocycles. The molecule has 0 saturated heterocycles. The van der Waals surface area contributed by atoms with E-state index in [-0.39, 0.29) is 11.6 Å². The first kappa shape index (κ1) is 12.3. The van der Waals surface area contributed by atoms with Gasteiger partial charge in [-0.2, -0.15) is 0 Å². The highest BCUT2D eigenvalue weighted by Gasteiger charge is 2.06. The van der Waals surface area contributed by atoms with Crippen molar-refractivity contribution < 1.29 is 13.5 Å². The van der Waals surface area contributed by atoms with Crippen LogP contribution in [0.4, 0.5) is 8.78 Å². The van der Waals surface area contributed by atoms with Crippen molar-refractivity contribution >= 4 is 5.57 Å². The summed E-state index contributed by atoms with van der Waals surface area (Å²) in [5.41, 5.74) is 2.40. The molecule has 0 aliphatic heterocycles. The normalized spacial score (nSPS) is 9.94. The molecular weight excluding hydrogens is 234 g/mol. The van der Waals surface area contributed by atoms with Crippen LogP contribution in [0.1, 0.15) is 11.1 Å². The summed E-state index contributed by atoms with van der Waals surface area (Å²) < 4.78 is 30.8. The Labute approximate surface area is 104 Å². The van der Waals surface area contributed by atoms with Crippen LogP contribution in [0.3, 0.4) is 0 Å². The summed E-state index contributed by atoms with van der Waals surface area (Å²) in [7, 11) is 1.53. The maximum Gasteiger partial charge on any atom is 0.123 e. The Balaban J connectivity index is 2.43. The molecule has 0 aliphatic rings. The van der Waals surface area contributed by atoms with Gasteiger partial charge in [-0.15, -0.1) is 0 Å². The van der Waals surface area contributed by atoms with Gasteiger partial charge in [-0.25, -0.2) is 8.78 Å². The molecule has 18 heavy (non-hydrogen) atoms. The summed E-state index contributed by atoms with van der Waals surface area (Å²) >= 11 is 0. The summed E-state index contributed by atoms with van der Waals surface area (Å²) in [4.78, 5) is 0. The van der Waals surface area contributed by atoms with Crippen molar-refractivity contribution in [3.05, 3.63) is 77.6 Å². The maximum atomic E-state index is 12.9. The van der Waals surface area contributed by atoms with Crippen molar-refractivity contribution in [1.29, 1.82) is 0 Å². The average Bonchev–Trinajstić information content (AvgIpc) is 2.39. The van der Waals surface area contributed by atoms with Crippen LogP contribution >= 0.6 is 0 Å². The Hall–Kier alpha value is -2.16. The van der Waals surface area contributed by atoms with Crippen LogP contribution in [-0.4, -0.2) is 7.11 Å². The van der Waals surface area contributed by atoms with E-state index in [9.17, 15) is 8.78 Å². The van der Waals surface area contributed by atoms with Crippen molar-refractivity contribution in [2.75, 3.05) is 7.11 Å². The molecule has 0 N–H and O–H groups in total. The van der Waals surface area contributed by atoms with Gasteiger partial charge >= 0.3 is 0 Å². The predicted molar refractivity (Wildman–Crippen MR) is 66.9 cm³/mol. The lowest BCUT2D eigenvalue weighted by Crippen LogP contribution is -1.90. The highest BCUT2D eigenvalue weighted by molar-refractivity contribution is 5.79. The average molecular weight is 246 g/mol. The molecule has 2 aromatic rings. The van der Waals surface area contributed by atoms with Crippen LogP contribution in [0.15, 0.2) is 54.8 Å². The molecule has 0 fully saturated rings. The second-order valence-electron chi connectivity index (χ2n) is 3.78. The fraction of sp³-hybridized carbons (Fsp3) is 0.0667. The standard InChI is InChI=1S/C15H12F2O/c1-18-10-15(11-2-6-13(16)7-3-11)12-4-8-14(17)9-5-12/h2-10H,1H3. The minimum absolute atomic E-state index is 0.297. The molecule has 0 spiro atoms. The molecule has 0 saturated carbocycles. The minimum atomic E-state index is -0.297. The fourth-order valence-corrected chi connectivity index (χ4v) is 1.68. The van der Waals surface area contributed by atoms with E-state index in [0.717, 1.165) is 16.7 Å². The molecule has 92 valence electrons. The third kappa shape index (κ3) is 2.74. The molecule has 0 atom stereocenters. The number of methoxy groups -OCH3 is 1. The van der Waals surface area contributed by atoms with Gasteiger partial charge in [0.05, 0.1) is 13.4 Å². The Morgan fingerprint density at radius 1 is 0.833 bits per heavy atom. The van der Waals surface area contributed by atoms with Crippen molar-refractivity contribution in [3.8, 4) is 0 Å². The number of ether oxygens (including phenoxy) is 1. The van der Waals surface area contributed by atoms with Crippen LogP contribution in [0.5, 0.6) is 0 Å². The zero-order valence-corrected chi connectivity index (χ0v) is 9.86. The highest BCUT2D eigenvalue weighted by Crippen LogP contribution is 2.23. The van der Waals surface area contributed by atoms with E-state index in [2.05, 4.69) is 0 Å². The third-order valence-corrected chi connectivity index (χ3v) is 2.55. The SMILES string of the molecule is COC=C(c1ccc(F)cc1)c1ccc(F)cc1. The molecule has 0 amide bonds. The van der Waals surface area contributed by atoms with Gasteiger partial charge in [-0.3, -0.25) is 0 Å². The largest absolute Gasteiger partial charge is 0.504 e. The van der Waals surface area contributed by atoms with Gasteiger partial charge in [-0.05, 0) is 35.4 Å². The monoisotopic (exact) mass is 246 g/mol. The zero-order valence-electron chi connectivity index (χ0n) is 9.86. The predicted octanol–water partition coefficient (Wildman–Crippen LogP) is 4.00. The maximum absolute atomic E-state index is 12.9. The number of benzene rings is 2. The first-order chi connectivity index (χ1) is 8.70. The minimum Gasteiger partial charge on any atom is -0.504 e. The van der Waals surface area contributed by atoms with Crippen LogP contribution in [0.25, 0.3) is 5.57 Å². The second kappa shape index (κ2) is 5.45. The van der Waals surface area contributed by atoms with Gasteiger partial charge in [0.2, 0.25) is 0 Å². The third-order valence-electron chi connectivity index (χ3n) is 2.55. The number of rotatable bonds is 3. The molecule has 0 unspecified atom stereocenters. The summed E-state index contributed by atoms with van der Waals surface area (Å²) in [5.74, 6) is -0.593. The first-order valence-electron chi connectivity index (χ1n) is 5.45. The summed E-state index contributed by atoms with van der Waals surface area (Å²) in [6.07, 6.45) is 1.56. The van der Waals surface area contributed by atoms with E-state index in [4.69, 9.17) is 4.74 Å². The smallest absolute Gasteiger partial charge is 0.123 e. The van der Waals surface area contributed by atoms with E-state index in [0.29, 0.717) is 0 Å². The van der Waals surface area contributed by atoms with Gasteiger partial charge in [0.25, 0.3) is 0 Å². The van der Waals surface area contributed by atoms with Gasteiger partial charge in [-0.1, -0.05) is 24.3 Å². The van der Waals surface area contributed by atoms with Gasteiger partial charge in [0.15, 0.2) is 0 Å². The topological polar surface area (TPSA) is 9.23 Å². The molecule has 0 radical (unpaired) electrons. The number of halogens is 2. The van der Waals surface area contributed by atoms with Gasteiger partial charge < -0.3 is 4.74 Å². The lowest BCUT2D eigenvalue weighted by molar-refractivity contribution is 0.340. The number of hydrogen-bond donors (Lipinski definition) is 0. The first-order valence-corrected chi connectivity index (χ1v) is 5.45. The summed E-state index contributed by atoms with van der Waals surface area (Å²) in [5, 5.41) is 0. The lowest BCUT2D eigenvalue weighted by atomic mass is 9.99. The fourth-order valence-electron chi connectivity index (χ4n) is 1.68. The number of hydrogen-bond acceptors (Lipinski definition) is 1. The Morgan fingerprint density at radius 2 is 1.22 bits per heavy atom. The molecular formula is C15H12F2O. The van der Waals surface area contributed by atoms with Crippen molar-refractivity contribution in [2.24, 2.45) is 0 Å². The highest BCUT2D eigenvalue weighted by atomic mass is 19.1. The molecule has 3 heteroatoms. The van der Waals surface area contributed by atoms with Crippen molar-refractivity contribution in [1.82, 2.24) is 0 Å². The second-order valence-corrected chi connectivity index (χ2v) is 3.78. The van der Waals surface area contributed by atoms with Gasteiger partial charge in [0.1, 0.15) is 11.6 Å². The summed E-state index contributed by atoms with van der Waals surface area (Å²) in [6.45, 7) is 0. The quantitative estimate of drug-likeness (QED) is 0.744. The van der Waals surface area contributed by atoms with Crippen LogP contribution in [0.2, 0.25) is 0 Å². The molecule has 2 rings (SSSR count). The van der Waals surface area contributed by atoms with E-state index >= 15 is 0 Å². The Morgan fingerprint density at radius 3 is 1.56 bits per heavy atom. The van der Waals surface area contributed by atoms with E-state index in [1.54, 1.807) is 30.5 Å². The van der Waals surface area contributed by atoms with E-state index < -0.39 is 0 Å². The molecule has 2 aromatic carbocycles. The Bertz CT molecular complexity index is 494. The van der Waals surface area contributed by atoms with Crippen LogP contribution in [-0.2, 0) is 4.74 Å². The zero-order chi connectivity index (χ0) is 13.0. The van der Waals surface area contributed by atoms with Crippen molar-refractivity contribution in [3.63, 3.8) is 0 Å². The summed E-state index contributed by atoms with van der Waals surface area (Å²) in [6, 6.07) is 12.1. The molecule has 0 aromatic heterocycles. The van der Waals surface area contributed by atoms with Crippen LogP contribution < -0.4 is 0 Å². The molecule has 0 bridgehead atoms. The lowest BCUT2D eigenvalue weighted by Gasteiger charge is -2.08. The Kier molecular flexibility index (Phi) is 3.72. The molecule has 1 nitrogen and oxygen atoms in total.